The van der Waals surface area contributed by atoms with Crippen molar-refractivity contribution in [2.45, 2.75) is 6.92 Å². The molecule has 2 aromatic rings. The van der Waals surface area contributed by atoms with E-state index in [0.717, 1.165) is 37.6 Å². The van der Waals surface area contributed by atoms with Gasteiger partial charge in [0.25, 0.3) is 0 Å². The SMILES string of the molecule is CCOC(=O)c1cccc(NC(=O)C=Cc2ccc(N3CCOCC3)cc2)c1. The van der Waals surface area contributed by atoms with Gasteiger partial charge in [-0.15, -0.1) is 0 Å². The lowest BCUT2D eigenvalue weighted by Gasteiger charge is -2.28. The summed E-state index contributed by atoms with van der Waals surface area (Å²) in [7, 11) is 0. The van der Waals surface area contributed by atoms with E-state index < -0.39 is 5.97 Å². The van der Waals surface area contributed by atoms with Gasteiger partial charge in [0.1, 0.15) is 0 Å². The first kappa shape index (κ1) is 19.6. The van der Waals surface area contributed by atoms with E-state index in [1.54, 1.807) is 37.3 Å². The molecule has 1 saturated heterocycles. The molecule has 0 aromatic heterocycles. The molecule has 6 nitrogen and oxygen atoms in total. The second kappa shape index (κ2) is 9.71. The van der Waals surface area contributed by atoms with Crippen LogP contribution in [-0.4, -0.2) is 44.8 Å². The summed E-state index contributed by atoms with van der Waals surface area (Å²) in [5.41, 5.74) is 3.04. The van der Waals surface area contributed by atoms with Crippen molar-refractivity contribution < 1.29 is 19.1 Å². The molecule has 2 aromatic carbocycles. The number of nitrogens with one attached hydrogen (secondary N) is 1. The van der Waals surface area contributed by atoms with Gasteiger partial charge in [0.15, 0.2) is 0 Å². The minimum Gasteiger partial charge on any atom is -0.462 e. The standard InChI is InChI=1S/C22H24N2O4/c1-2-28-22(26)18-4-3-5-19(16-18)23-21(25)11-8-17-6-9-20(10-7-17)24-12-14-27-15-13-24/h3-11,16H,2,12-15H2,1H3,(H,23,25). The van der Waals surface area contributed by atoms with E-state index in [2.05, 4.69) is 10.2 Å². The summed E-state index contributed by atoms with van der Waals surface area (Å²) < 4.78 is 10.3. The molecule has 0 radical (unpaired) electrons. The summed E-state index contributed by atoms with van der Waals surface area (Å²) in [4.78, 5) is 26.2. The Labute approximate surface area is 164 Å². The molecule has 1 N–H and O–H groups in total. The molecule has 1 aliphatic rings. The predicted octanol–water partition coefficient (Wildman–Crippen LogP) is 3.35. The molecule has 1 fully saturated rings. The van der Waals surface area contributed by atoms with E-state index in [-0.39, 0.29) is 5.91 Å². The van der Waals surface area contributed by atoms with E-state index in [1.807, 2.05) is 24.3 Å². The van der Waals surface area contributed by atoms with Gasteiger partial charge in [-0.05, 0) is 48.9 Å². The molecule has 0 atom stereocenters. The molecule has 3 rings (SSSR count). The highest BCUT2D eigenvalue weighted by atomic mass is 16.5. The van der Waals surface area contributed by atoms with Crippen LogP contribution < -0.4 is 10.2 Å². The highest BCUT2D eigenvalue weighted by Gasteiger charge is 2.10. The van der Waals surface area contributed by atoms with E-state index in [0.29, 0.717) is 17.9 Å². The molecule has 0 spiro atoms. The molecule has 146 valence electrons. The highest BCUT2D eigenvalue weighted by Crippen LogP contribution is 2.17. The largest absolute Gasteiger partial charge is 0.462 e. The zero-order valence-corrected chi connectivity index (χ0v) is 15.9. The molecular formula is C22H24N2O4. The predicted molar refractivity (Wildman–Crippen MR) is 110 cm³/mol. The fourth-order valence-corrected chi connectivity index (χ4v) is 2.91. The van der Waals surface area contributed by atoms with Crippen molar-refractivity contribution in [3.05, 3.63) is 65.7 Å². The number of benzene rings is 2. The second-order valence-electron chi connectivity index (χ2n) is 6.31. The van der Waals surface area contributed by atoms with Crippen LogP contribution in [0.4, 0.5) is 11.4 Å². The first-order chi connectivity index (χ1) is 13.7. The first-order valence-electron chi connectivity index (χ1n) is 9.34. The zero-order valence-electron chi connectivity index (χ0n) is 15.9. The van der Waals surface area contributed by atoms with Gasteiger partial charge in [0, 0.05) is 30.5 Å². The fourth-order valence-electron chi connectivity index (χ4n) is 2.91. The minimum absolute atomic E-state index is 0.265. The average molecular weight is 380 g/mol. The Morgan fingerprint density at radius 3 is 2.61 bits per heavy atom. The highest BCUT2D eigenvalue weighted by molar-refractivity contribution is 6.02. The maximum absolute atomic E-state index is 12.2. The third-order valence-electron chi connectivity index (χ3n) is 4.34. The Bertz CT molecular complexity index is 840. The lowest BCUT2D eigenvalue weighted by atomic mass is 10.1. The molecule has 0 saturated carbocycles. The van der Waals surface area contributed by atoms with Crippen LogP contribution in [-0.2, 0) is 14.3 Å². The van der Waals surface area contributed by atoms with Crippen LogP contribution in [0.3, 0.4) is 0 Å². The molecule has 0 bridgehead atoms. The third-order valence-corrected chi connectivity index (χ3v) is 4.34. The molecule has 28 heavy (non-hydrogen) atoms. The lowest BCUT2D eigenvalue weighted by Crippen LogP contribution is -2.36. The van der Waals surface area contributed by atoms with Crippen LogP contribution in [0.1, 0.15) is 22.8 Å². The Kier molecular flexibility index (Phi) is 6.81. The fraction of sp³-hybridized carbons (Fsp3) is 0.273. The van der Waals surface area contributed by atoms with Crippen LogP contribution in [0, 0.1) is 0 Å². The van der Waals surface area contributed by atoms with Crippen LogP contribution in [0.5, 0.6) is 0 Å². The van der Waals surface area contributed by atoms with Crippen molar-refractivity contribution in [3.8, 4) is 0 Å². The average Bonchev–Trinajstić information content (AvgIpc) is 2.74. The molecule has 1 amide bonds. The smallest absolute Gasteiger partial charge is 0.338 e. The van der Waals surface area contributed by atoms with Crippen molar-refractivity contribution >= 4 is 29.3 Å². The van der Waals surface area contributed by atoms with E-state index >= 15 is 0 Å². The topological polar surface area (TPSA) is 67.9 Å². The number of anilines is 2. The maximum atomic E-state index is 12.2. The van der Waals surface area contributed by atoms with Gasteiger partial charge in [-0.1, -0.05) is 18.2 Å². The van der Waals surface area contributed by atoms with Crippen molar-refractivity contribution in [3.63, 3.8) is 0 Å². The van der Waals surface area contributed by atoms with Gasteiger partial charge < -0.3 is 19.7 Å². The van der Waals surface area contributed by atoms with Crippen molar-refractivity contribution in [2.24, 2.45) is 0 Å². The summed E-state index contributed by atoms with van der Waals surface area (Å²) in [6.45, 7) is 5.34. The Hall–Kier alpha value is -3.12. The van der Waals surface area contributed by atoms with Crippen LogP contribution in [0.25, 0.3) is 6.08 Å². The Morgan fingerprint density at radius 2 is 1.89 bits per heavy atom. The van der Waals surface area contributed by atoms with Gasteiger partial charge in [-0.3, -0.25) is 4.79 Å². The second-order valence-corrected chi connectivity index (χ2v) is 6.31. The summed E-state index contributed by atoms with van der Waals surface area (Å²) in [6, 6.07) is 14.7. The molecule has 0 aliphatic carbocycles. The molecule has 1 aliphatic heterocycles. The first-order valence-corrected chi connectivity index (χ1v) is 9.34. The lowest BCUT2D eigenvalue weighted by molar-refractivity contribution is -0.111. The number of amides is 1. The number of carbonyl (C=O) groups excluding carboxylic acids is 2. The third kappa shape index (κ3) is 5.44. The molecular weight excluding hydrogens is 356 g/mol. The Morgan fingerprint density at radius 1 is 1.14 bits per heavy atom. The van der Waals surface area contributed by atoms with Crippen molar-refractivity contribution in [1.29, 1.82) is 0 Å². The monoisotopic (exact) mass is 380 g/mol. The number of morpholine rings is 1. The van der Waals surface area contributed by atoms with E-state index in [4.69, 9.17) is 9.47 Å². The molecule has 6 heteroatoms. The quantitative estimate of drug-likeness (QED) is 0.615. The summed E-state index contributed by atoms with van der Waals surface area (Å²) in [5, 5.41) is 2.76. The van der Waals surface area contributed by atoms with Crippen LogP contribution >= 0.6 is 0 Å². The van der Waals surface area contributed by atoms with Crippen molar-refractivity contribution in [1.82, 2.24) is 0 Å². The normalized spacial score (nSPS) is 14.1. The number of hydrogen-bond acceptors (Lipinski definition) is 5. The molecule has 1 heterocycles. The van der Waals surface area contributed by atoms with Gasteiger partial charge in [-0.2, -0.15) is 0 Å². The number of hydrogen-bond donors (Lipinski definition) is 1. The zero-order chi connectivity index (χ0) is 19.8. The number of rotatable bonds is 6. The van der Waals surface area contributed by atoms with Gasteiger partial charge in [0.2, 0.25) is 5.91 Å². The number of ether oxygens (including phenoxy) is 2. The maximum Gasteiger partial charge on any atom is 0.338 e. The summed E-state index contributed by atoms with van der Waals surface area (Å²) in [6.07, 6.45) is 3.23. The number of nitrogens with zero attached hydrogens (tertiary/aromatic N) is 1. The summed E-state index contributed by atoms with van der Waals surface area (Å²) >= 11 is 0. The number of carbonyl (C=O) groups is 2. The van der Waals surface area contributed by atoms with Crippen molar-refractivity contribution in [2.75, 3.05) is 43.1 Å². The van der Waals surface area contributed by atoms with Gasteiger partial charge in [0.05, 0.1) is 25.4 Å². The molecule has 0 unspecified atom stereocenters. The van der Waals surface area contributed by atoms with Crippen LogP contribution in [0.15, 0.2) is 54.6 Å². The Balaban J connectivity index is 1.58. The summed E-state index contributed by atoms with van der Waals surface area (Å²) in [5.74, 6) is -0.673. The van der Waals surface area contributed by atoms with Gasteiger partial charge in [-0.25, -0.2) is 4.79 Å². The minimum atomic E-state index is -0.408. The van der Waals surface area contributed by atoms with Crippen LogP contribution in [0.2, 0.25) is 0 Å². The van der Waals surface area contributed by atoms with E-state index in [9.17, 15) is 9.59 Å². The number of esters is 1. The van der Waals surface area contributed by atoms with Gasteiger partial charge >= 0.3 is 5.97 Å². The van der Waals surface area contributed by atoms with E-state index in [1.165, 1.54) is 6.08 Å².